The molecule has 4 aromatic heterocycles. The molecular formula is C26H21IN6O4S. The summed E-state index contributed by atoms with van der Waals surface area (Å²) in [7, 11) is 1.53. The number of carbonyl (C=O) groups is 3. The lowest BCUT2D eigenvalue weighted by Gasteiger charge is -2.29. The summed E-state index contributed by atoms with van der Waals surface area (Å²) in [4.78, 5) is 54.8. The Morgan fingerprint density at radius 1 is 1.08 bits per heavy atom. The zero-order valence-electron chi connectivity index (χ0n) is 20.1. The number of pyridine rings is 3. The Kier molecular flexibility index (Phi) is 7.60. The lowest BCUT2D eigenvalue weighted by molar-refractivity contribution is -0.121. The fourth-order valence-corrected chi connectivity index (χ4v) is 5.71. The van der Waals surface area contributed by atoms with Crippen molar-refractivity contribution in [1.29, 1.82) is 0 Å². The SMILES string of the molecule is COc1ccnc(NC(=O)c2ccc(CN3C(=O)c4sccc4N(I)C(=O)C3Cc3ccccn3)nc2)c1. The van der Waals surface area contributed by atoms with Crippen LogP contribution in [0.1, 0.15) is 31.4 Å². The Morgan fingerprint density at radius 3 is 2.68 bits per heavy atom. The third-order valence-electron chi connectivity index (χ3n) is 5.92. The van der Waals surface area contributed by atoms with Crippen molar-refractivity contribution in [3.8, 4) is 5.75 Å². The van der Waals surface area contributed by atoms with Crippen LogP contribution in [0.5, 0.6) is 5.75 Å². The number of carbonyl (C=O) groups excluding carboxylic acids is 3. The maximum Gasteiger partial charge on any atom is 0.267 e. The topological polar surface area (TPSA) is 118 Å². The lowest BCUT2D eigenvalue weighted by atomic mass is 10.1. The molecule has 192 valence electrons. The number of fused-ring (bicyclic) bond motifs is 1. The molecule has 10 nitrogen and oxygen atoms in total. The number of amides is 3. The van der Waals surface area contributed by atoms with E-state index in [2.05, 4.69) is 20.3 Å². The van der Waals surface area contributed by atoms with Gasteiger partial charge in [0.1, 0.15) is 22.5 Å². The Hall–Kier alpha value is -3.91. The number of thiophene rings is 1. The van der Waals surface area contributed by atoms with Gasteiger partial charge in [0.15, 0.2) is 0 Å². The molecule has 0 bridgehead atoms. The monoisotopic (exact) mass is 640 g/mol. The molecule has 12 heteroatoms. The molecule has 1 aliphatic heterocycles. The second kappa shape index (κ2) is 11.2. The zero-order valence-corrected chi connectivity index (χ0v) is 23.0. The Labute approximate surface area is 236 Å². The number of ether oxygens (including phenoxy) is 1. The van der Waals surface area contributed by atoms with Crippen molar-refractivity contribution in [1.82, 2.24) is 19.9 Å². The number of hydrogen-bond donors (Lipinski definition) is 1. The van der Waals surface area contributed by atoms with E-state index in [1.165, 1.54) is 38.9 Å². The van der Waals surface area contributed by atoms with E-state index in [9.17, 15) is 14.4 Å². The molecule has 0 saturated heterocycles. The summed E-state index contributed by atoms with van der Waals surface area (Å²) in [6.07, 6.45) is 4.89. The first kappa shape index (κ1) is 25.7. The number of nitrogens with zero attached hydrogens (tertiary/aromatic N) is 5. The Bertz CT molecular complexity index is 1480. The van der Waals surface area contributed by atoms with Gasteiger partial charge < -0.3 is 15.0 Å². The molecule has 0 fully saturated rings. The van der Waals surface area contributed by atoms with E-state index in [-0.39, 0.29) is 30.7 Å². The van der Waals surface area contributed by atoms with Crippen LogP contribution < -0.4 is 13.2 Å². The predicted octanol–water partition coefficient (Wildman–Crippen LogP) is 4.14. The Balaban J connectivity index is 1.39. The number of rotatable bonds is 7. The van der Waals surface area contributed by atoms with Crippen LogP contribution in [0.15, 0.2) is 72.5 Å². The molecule has 38 heavy (non-hydrogen) atoms. The van der Waals surface area contributed by atoms with Crippen molar-refractivity contribution in [2.45, 2.75) is 19.0 Å². The number of hydrogen-bond acceptors (Lipinski definition) is 8. The van der Waals surface area contributed by atoms with Gasteiger partial charge in [-0.05, 0) is 41.8 Å². The molecule has 4 aromatic rings. The summed E-state index contributed by atoms with van der Waals surface area (Å²) in [6.45, 7) is 0.0865. The van der Waals surface area contributed by atoms with E-state index >= 15 is 0 Å². The van der Waals surface area contributed by atoms with Gasteiger partial charge in [0, 0.05) is 36.8 Å². The van der Waals surface area contributed by atoms with Crippen LogP contribution >= 0.6 is 34.2 Å². The normalized spacial score (nSPS) is 15.2. The van der Waals surface area contributed by atoms with Crippen molar-refractivity contribution < 1.29 is 19.1 Å². The molecular weight excluding hydrogens is 619 g/mol. The largest absolute Gasteiger partial charge is 0.497 e. The average molecular weight is 640 g/mol. The van der Waals surface area contributed by atoms with E-state index in [1.807, 2.05) is 35.0 Å². The highest BCUT2D eigenvalue weighted by atomic mass is 127. The summed E-state index contributed by atoms with van der Waals surface area (Å²) in [5.41, 5.74) is 2.13. The highest BCUT2D eigenvalue weighted by Crippen LogP contribution is 2.35. The molecule has 1 aliphatic rings. The molecule has 0 radical (unpaired) electrons. The fraction of sp³-hybridized carbons (Fsp3) is 0.154. The molecule has 0 saturated carbocycles. The second-order valence-electron chi connectivity index (χ2n) is 8.30. The first-order valence-electron chi connectivity index (χ1n) is 11.5. The van der Waals surface area contributed by atoms with Gasteiger partial charge in [0.05, 0.1) is 53.5 Å². The van der Waals surface area contributed by atoms with Crippen LogP contribution in [0, 0.1) is 0 Å². The molecule has 3 amide bonds. The molecule has 1 atom stereocenters. The molecule has 0 aromatic carbocycles. The van der Waals surface area contributed by atoms with Gasteiger partial charge in [-0.2, -0.15) is 0 Å². The first-order chi connectivity index (χ1) is 18.4. The predicted molar refractivity (Wildman–Crippen MR) is 150 cm³/mol. The van der Waals surface area contributed by atoms with Crippen LogP contribution in [0.3, 0.4) is 0 Å². The van der Waals surface area contributed by atoms with Crippen LogP contribution in [0.2, 0.25) is 0 Å². The molecule has 5 rings (SSSR count). The lowest BCUT2D eigenvalue weighted by Crippen LogP contribution is -2.47. The number of aromatic nitrogens is 3. The average Bonchev–Trinajstić information content (AvgIpc) is 3.43. The van der Waals surface area contributed by atoms with Gasteiger partial charge in [0.2, 0.25) is 0 Å². The van der Waals surface area contributed by atoms with Crippen LogP contribution in [0.25, 0.3) is 0 Å². The minimum atomic E-state index is -0.780. The Morgan fingerprint density at radius 2 is 1.95 bits per heavy atom. The smallest absolute Gasteiger partial charge is 0.267 e. The van der Waals surface area contributed by atoms with Crippen LogP contribution in [-0.2, 0) is 17.8 Å². The van der Waals surface area contributed by atoms with E-state index < -0.39 is 6.04 Å². The van der Waals surface area contributed by atoms with Gasteiger partial charge in [0.25, 0.3) is 17.7 Å². The second-order valence-corrected chi connectivity index (χ2v) is 10.2. The number of methoxy groups -OCH3 is 1. The summed E-state index contributed by atoms with van der Waals surface area (Å²) in [6, 6.07) is 13.1. The molecule has 1 N–H and O–H groups in total. The molecule has 0 aliphatic carbocycles. The van der Waals surface area contributed by atoms with Crippen LogP contribution in [0.4, 0.5) is 11.5 Å². The first-order valence-corrected chi connectivity index (χ1v) is 13.3. The molecule has 0 spiro atoms. The number of nitrogens with one attached hydrogen (secondary N) is 1. The molecule has 1 unspecified atom stereocenters. The van der Waals surface area contributed by atoms with Crippen molar-refractivity contribution in [2.75, 3.05) is 15.5 Å². The third-order valence-corrected chi connectivity index (χ3v) is 7.81. The molecule has 5 heterocycles. The summed E-state index contributed by atoms with van der Waals surface area (Å²) in [5.74, 6) is 0.0570. The third kappa shape index (κ3) is 5.36. The standard InChI is InChI=1S/C26H21IN6O4S/c1-37-19-7-10-29-22(13-19)31-24(34)16-5-6-18(30-14-16)15-32-21(12-17-4-2-3-9-28-17)25(35)33(27)20-8-11-38-23(20)26(32)36/h2-11,13-14,21H,12,15H2,1H3,(H,29,31,34). The van der Waals surface area contributed by atoms with Crippen LogP contribution in [-0.4, -0.2) is 50.7 Å². The van der Waals surface area contributed by atoms with Crippen molar-refractivity contribution in [3.63, 3.8) is 0 Å². The number of anilines is 2. The van der Waals surface area contributed by atoms with Crippen molar-refractivity contribution >= 4 is 63.4 Å². The van der Waals surface area contributed by atoms with E-state index in [1.54, 1.807) is 48.0 Å². The van der Waals surface area contributed by atoms with Gasteiger partial charge in [-0.1, -0.05) is 6.07 Å². The van der Waals surface area contributed by atoms with Crippen molar-refractivity contribution in [2.24, 2.45) is 0 Å². The van der Waals surface area contributed by atoms with E-state index in [0.717, 1.165) is 0 Å². The van der Waals surface area contributed by atoms with Gasteiger partial charge in [-0.3, -0.25) is 24.4 Å². The van der Waals surface area contributed by atoms with Gasteiger partial charge in [-0.25, -0.2) is 8.10 Å². The summed E-state index contributed by atoms with van der Waals surface area (Å²) in [5, 5.41) is 4.50. The van der Waals surface area contributed by atoms with E-state index in [0.29, 0.717) is 39.1 Å². The minimum Gasteiger partial charge on any atom is -0.497 e. The maximum atomic E-state index is 13.6. The van der Waals surface area contributed by atoms with Gasteiger partial charge in [-0.15, -0.1) is 11.3 Å². The quantitative estimate of drug-likeness (QED) is 0.238. The highest BCUT2D eigenvalue weighted by Gasteiger charge is 2.40. The van der Waals surface area contributed by atoms with E-state index in [4.69, 9.17) is 4.74 Å². The van der Waals surface area contributed by atoms with Crippen molar-refractivity contribution in [3.05, 3.63) is 94.3 Å². The maximum absolute atomic E-state index is 13.6. The minimum absolute atomic E-state index is 0.0865. The summed E-state index contributed by atoms with van der Waals surface area (Å²) < 4.78 is 6.66. The number of halogens is 1. The highest BCUT2D eigenvalue weighted by molar-refractivity contribution is 14.1. The zero-order chi connectivity index (χ0) is 26.6. The summed E-state index contributed by atoms with van der Waals surface area (Å²) >= 11 is 3.24. The fourth-order valence-electron chi connectivity index (χ4n) is 3.99. The van der Waals surface area contributed by atoms with Gasteiger partial charge >= 0.3 is 0 Å².